The predicted octanol–water partition coefficient (Wildman–Crippen LogP) is 2.19. The lowest BCUT2D eigenvalue weighted by atomic mass is 10.1. The quantitative estimate of drug-likeness (QED) is 0.784. The fourth-order valence-corrected chi connectivity index (χ4v) is 2.09. The second kappa shape index (κ2) is 5.83. The van der Waals surface area contributed by atoms with E-state index in [0.29, 0.717) is 0 Å². The van der Waals surface area contributed by atoms with Gasteiger partial charge in [0, 0.05) is 25.2 Å². The summed E-state index contributed by atoms with van der Waals surface area (Å²) in [5, 5.41) is 6.93. The predicted molar refractivity (Wildman–Crippen MR) is 74.4 cm³/mol. The second-order valence-corrected chi connectivity index (χ2v) is 5.95. The molecule has 0 saturated heterocycles. The molecular formula is C15H24N2O. The number of ether oxygens (including phenoxy) is 1. The first kappa shape index (κ1) is 13.5. The van der Waals surface area contributed by atoms with Crippen LogP contribution in [0.4, 0.5) is 0 Å². The van der Waals surface area contributed by atoms with Gasteiger partial charge in [-0.15, -0.1) is 0 Å². The molecule has 1 aromatic carbocycles. The first-order chi connectivity index (χ1) is 8.54. The summed E-state index contributed by atoms with van der Waals surface area (Å²) in [4.78, 5) is 0. The molecule has 0 fully saturated rings. The lowest BCUT2D eigenvalue weighted by Gasteiger charge is -2.20. The van der Waals surface area contributed by atoms with Crippen LogP contribution in [0.1, 0.15) is 37.5 Å². The largest absolute Gasteiger partial charge is 0.372 e. The number of hydrogen-bond donors (Lipinski definition) is 2. The molecular weight excluding hydrogens is 224 g/mol. The van der Waals surface area contributed by atoms with Gasteiger partial charge in [0.25, 0.3) is 0 Å². The van der Waals surface area contributed by atoms with Gasteiger partial charge in [-0.3, -0.25) is 0 Å². The lowest BCUT2D eigenvalue weighted by Crippen LogP contribution is -2.40. The standard InChI is InChI=1S/C15H24N2O/c1-15(2,3)17-7-6-16-9-12-4-5-13-10-18-11-14(13)8-12/h4-5,8,16-17H,6-7,9-11H2,1-3H3. The van der Waals surface area contributed by atoms with E-state index in [-0.39, 0.29) is 5.54 Å². The van der Waals surface area contributed by atoms with Crippen LogP contribution in [0.25, 0.3) is 0 Å². The normalized spacial score (nSPS) is 14.8. The highest BCUT2D eigenvalue weighted by Gasteiger charge is 2.11. The zero-order chi connectivity index (χ0) is 13.0. The first-order valence-electron chi connectivity index (χ1n) is 6.69. The molecule has 2 rings (SSSR count). The molecule has 0 spiro atoms. The third kappa shape index (κ3) is 4.09. The minimum Gasteiger partial charge on any atom is -0.372 e. The van der Waals surface area contributed by atoms with Gasteiger partial charge >= 0.3 is 0 Å². The molecule has 1 heterocycles. The van der Waals surface area contributed by atoms with Gasteiger partial charge in [0.05, 0.1) is 13.2 Å². The molecule has 0 bridgehead atoms. The topological polar surface area (TPSA) is 33.3 Å². The molecule has 18 heavy (non-hydrogen) atoms. The molecule has 0 amide bonds. The maximum Gasteiger partial charge on any atom is 0.0725 e. The van der Waals surface area contributed by atoms with E-state index in [0.717, 1.165) is 32.8 Å². The van der Waals surface area contributed by atoms with Crippen molar-refractivity contribution in [3.8, 4) is 0 Å². The molecule has 0 aliphatic carbocycles. The van der Waals surface area contributed by atoms with Gasteiger partial charge in [-0.25, -0.2) is 0 Å². The monoisotopic (exact) mass is 248 g/mol. The zero-order valence-corrected chi connectivity index (χ0v) is 11.7. The third-order valence-corrected chi connectivity index (χ3v) is 3.07. The summed E-state index contributed by atoms with van der Waals surface area (Å²) in [7, 11) is 0. The number of benzene rings is 1. The Morgan fingerprint density at radius 3 is 2.67 bits per heavy atom. The van der Waals surface area contributed by atoms with Gasteiger partial charge in [0.2, 0.25) is 0 Å². The third-order valence-electron chi connectivity index (χ3n) is 3.07. The molecule has 3 heteroatoms. The smallest absolute Gasteiger partial charge is 0.0725 e. The molecule has 0 radical (unpaired) electrons. The Morgan fingerprint density at radius 2 is 1.89 bits per heavy atom. The van der Waals surface area contributed by atoms with E-state index in [2.05, 4.69) is 49.6 Å². The molecule has 1 aliphatic heterocycles. The van der Waals surface area contributed by atoms with Crippen molar-refractivity contribution in [2.24, 2.45) is 0 Å². The van der Waals surface area contributed by atoms with Crippen LogP contribution in [0.15, 0.2) is 18.2 Å². The van der Waals surface area contributed by atoms with Gasteiger partial charge in [0.15, 0.2) is 0 Å². The van der Waals surface area contributed by atoms with Crippen molar-refractivity contribution in [1.82, 2.24) is 10.6 Å². The fourth-order valence-electron chi connectivity index (χ4n) is 2.09. The Balaban J connectivity index is 1.71. The molecule has 1 aliphatic rings. The molecule has 0 atom stereocenters. The molecule has 0 aromatic heterocycles. The molecule has 2 N–H and O–H groups in total. The van der Waals surface area contributed by atoms with Crippen LogP contribution in [0, 0.1) is 0 Å². The van der Waals surface area contributed by atoms with Crippen molar-refractivity contribution < 1.29 is 4.74 Å². The second-order valence-electron chi connectivity index (χ2n) is 5.95. The van der Waals surface area contributed by atoms with Gasteiger partial charge in [-0.05, 0) is 37.5 Å². The fraction of sp³-hybridized carbons (Fsp3) is 0.600. The lowest BCUT2D eigenvalue weighted by molar-refractivity contribution is 0.134. The number of nitrogens with one attached hydrogen (secondary N) is 2. The highest BCUT2D eigenvalue weighted by molar-refractivity contribution is 5.33. The SMILES string of the molecule is CC(C)(C)NCCNCc1ccc2c(c1)COC2. The van der Waals surface area contributed by atoms with Crippen molar-refractivity contribution in [2.45, 2.75) is 46.1 Å². The summed E-state index contributed by atoms with van der Waals surface area (Å²) in [6.45, 7) is 11.0. The van der Waals surface area contributed by atoms with E-state index in [1.165, 1.54) is 16.7 Å². The van der Waals surface area contributed by atoms with Crippen LogP contribution in [-0.2, 0) is 24.5 Å². The van der Waals surface area contributed by atoms with Crippen LogP contribution in [0.3, 0.4) is 0 Å². The number of hydrogen-bond acceptors (Lipinski definition) is 3. The maximum absolute atomic E-state index is 5.42. The molecule has 0 unspecified atom stereocenters. The first-order valence-corrected chi connectivity index (χ1v) is 6.69. The van der Waals surface area contributed by atoms with E-state index >= 15 is 0 Å². The Hall–Kier alpha value is -0.900. The Labute approximate surface area is 110 Å². The average molecular weight is 248 g/mol. The van der Waals surface area contributed by atoms with E-state index in [9.17, 15) is 0 Å². The van der Waals surface area contributed by atoms with E-state index in [4.69, 9.17) is 4.74 Å². The molecule has 0 saturated carbocycles. The minimum atomic E-state index is 0.201. The minimum absolute atomic E-state index is 0.201. The van der Waals surface area contributed by atoms with Gasteiger partial charge in [-0.2, -0.15) is 0 Å². The van der Waals surface area contributed by atoms with Crippen molar-refractivity contribution in [2.75, 3.05) is 13.1 Å². The van der Waals surface area contributed by atoms with E-state index in [1.807, 2.05) is 0 Å². The Morgan fingerprint density at radius 1 is 1.11 bits per heavy atom. The van der Waals surface area contributed by atoms with Gasteiger partial charge in [-0.1, -0.05) is 18.2 Å². The van der Waals surface area contributed by atoms with Crippen LogP contribution in [-0.4, -0.2) is 18.6 Å². The highest BCUT2D eigenvalue weighted by Crippen LogP contribution is 2.20. The van der Waals surface area contributed by atoms with Crippen LogP contribution in [0.5, 0.6) is 0 Å². The summed E-state index contributed by atoms with van der Waals surface area (Å²) in [6, 6.07) is 6.64. The van der Waals surface area contributed by atoms with Crippen molar-refractivity contribution >= 4 is 0 Å². The summed E-state index contributed by atoms with van der Waals surface area (Å²) in [5.41, 5.74) is 4.23. The van der Waals surface area contributed by atoms with Crippen molar-refractivity contribution in [1.29, 1.82) is 0 Å². The summed E-state index contributed by atoms with van der Waals surface area (Å²) < 4.78 is 5.42. The number of rotatable bonds is 5. The van der Waals surface area contributed by atoms with Crippen LogP contribution in [0.2, 0.25) is 0 Å². The van der Waals surface area contributed by atoms with Gasteiger partial charge in [0.1, 0.15) is 0 Å². The van der Waals surface area contributed by atoms with Gasteiger partial charge < -0.3 is 15.4 Å². The number of fused-ring (bicyclic) bond motifs is 1. The van der Waals surface area contributed by atoms with E-state index < -0.39 is 0 Å². The van der Waals surface area contributed by atoms with Crippen LogP contribution >= 0.6 is 0 Å². The summed E-state index contributed by atoms with van der Waals surface area (Å²) in [6.07, 6.45) is 0. The van der Waals surface area contributed by atoms with E-state index in [1.54, 1.807) is 0 Å². The summed E-state index contributed by atoms with van der Waals surface area (Å²) >= 11 is 0. The molecule has 3 nitrogen and oxygen atoms in total. The highest BCUT2D eigenvalue weighted by atomic mass is 16.5. The van der Waals surface area contributed by atoms with Crippen molar-refractivity contribution in [3.63, 3.8) is 0 Å². The maximum atomic E-state index is 5.42. The Kier molecular flexibility index (Phi) is 4.38. The van der Waals surface area contributed by atoms with Crippen molar-refractivity contribution in [3.05, 3.63) is 34.9 Å². The zero-order valence-electron chi connectivity index (χ0n) is 11.7. The average Bonchev–Trinajstić information content (AvgIpc) is 2.74. The van der Waals surface area contributed by atoms with Crippen LogP contribution < -0.4 is 10.6 Å². The molecule has 100 valence electrons. The summed E-state index contributed by atoms with van der Waals surface area (Å²) in [5.74, 6) is 0. The Bertz CT molecular complexity index is 396. The molecule has 1 aromatic rings.